The molecule has 3 nitrogen and oxygen atoms in total. The van der Waals surface area contributed by atoms with Crippen LogP contribution >= 0.6 is 0 Å². The van der Waals surface area contributed by atoms with Gasteiger partial charge in [0.15, 0.2) is 0 Å². The van der Waals surface area contributed by atoms with Crippen molar-refractivity contribution in [3.8, 4) is 12.3 Å². The maximum absolute atomic E-state index is 5.51. The zero-order valence-corrected chi connectivity index (χ0v) is 12.7. The SMILES string of the molecule is C#Cc1cc(C(C)C)cc(CN2CCC(OC)CC2)n1. The molecular formula is C17H24N2O. The molecule has 1 aliphatic rings. The van der Waals surface area contributed by atoms with Gasteiger partial charge >= 0.3 is 0 Å². The first-order valence-electron chi connectivity index (χ1n) is 7.35. The van der Waals surface area contributed by atoms with Gasteiger partial charge in [-0.25, -0.2) is 4.98 Å². The number of nitrogens with zero attached hydrogens (tertiary/aromatic N) is 2. The van der Waals surface area contributed by atoms with Crippen molar-refractivity contribution in [2.45, 2.75) is 45.3 Å². The topological polar surface area (TPSA) is 25.4 Å². The number of likely N-dealkylation sites (tertiary alicyclic amines) is 1. The molecule has 2 rings (SSSR count). The van der Waals surface area contributed by atoms with Crippen LogP contribution < -0.4 is 0 Å². The summed E-state index contributed by atoms with van der Waals surface area (Å²) in [5, 5.41) is 0. The van der Waals surface area contributed by atoms with Crippen LogP contribution in [0.3, 0.4) is 0 Å². The van der Waals surface area contributed by atoms with E-state index in [1.165, 1.54) is 5.56 Å². The quantitative estimate of drug-likeness (QED) is 0.788. The van der Waals surface area contributed by atoms with E-state index >= 15 is 0 Å². The molecule has 0 aromatic carbocycles. The third-order valence-electron chi connectivity index (χ3n) is 3.97. The fraction of sp³-hybridized carbons (Fsp3) is 0.588. The molecule has 0 atom stereocenters. The lowest BCUT2D eigenvalue weighted by Gasteiger charge is -2.31. The molecule has 0 bridgehead atoms. The van der Waals surface area contributed by atoms with Gasteiger partial charge in [-0.3, -0.25) is 4.90 Å². The van der Waals surface area contributed by atoms with Crippen molar-refractivity contribution in [2.75, 3.05) is 20.2 Å². The van der Waals surface area contributed by atoms with Crippen LogP contribution in [0.2, 0.25) is 0 Å². The summed E-state index contributed by atoms with van der Waals surface area (Å²) in [6.07, 6.45) is 8.13. The molecule has 1 aliphatic heterocycles. The molecule has 0 saturated carbocycles. The van der Waals surface area contributed by atoms with Crippen molar-refractivity contribution < 1.29 is 4.74 Å². The van der Waals surface area contributed by atoms with Gasteiger partial charge < -0.3 is 4.74 Å². The van der Waals surface area contributed by atoms with Gasteiger partial charge in [0.2, 0.25) is 0 Å². The van der Waals surface area contributed by atoms with Gasteiger partial charge in [-0.2, -0.15) is 0 Å². The molecule has 0 spiro atoms. The Balaban J connectivity index is 2.06. The summed E-state index contributed by atoms with van der Waals surface area (Å²) in [5.74, 6) is 3.14. The first kappa shape index (κ1) is 15.0. The molecule has 0 N–H and O–H groups in total. The highest BCUT2D eigenvalue weighted by molar-refractivity contribution is 5.32. The van der Waals surface area contributed by atoms with E-state index in [1.807, 2.05) is 6.07 Å². The van der Waals surface area contributed by atoms with Crippen molar-refractivity contribution in [3.05, 3.63) is 29.1 Å². The standard InChI is InChI=1S/C17H24N2O/c1-5-15-10-14(13(2)3)11-16(18-15)12-19-8-6-17(20-4)7-9-19/h1,10-11,13,17H,6-9,12H2,2-4H3. The summed E-state index contributed by atoms with van der Waals surface area (Å²) >= 11 is 0. The van der Waals surface area contributed by atoms with Gasteiger partial charge in [-0.15, -0.1) is 6.42 Å². The van der Waals surface area contributed by atoms with Gasteiger partial charge in [-0.05, 0) is 36.5 Å². The number of pyridine rings is 1. The fourth-order valence-corrected chi connectivity index (χ4v) is 2.63. The van der Waals surface area contributed by atoms with Crippen LogP contribution in [0.25, 0.3) is 0 Å². The summed E-state index contributed by atoms with van der Waals surface area (Å²) < 4.78 is 5.41. The third-order valence-corrected chi connectivity index (χ3v) is 3.97. The molecule has 1 saturated heterocycles. The second-order valence-corrected chi connectivity index (χ2v) is 5.79. The predicted octanol–water partition coefficient (Wildman–Crippen LogP) is 2.80. The minimum absolute atomic E-state index is 0.419. The largest absolute Gasteiger partial charge is 0.381 e. The number of methoxy groups -OCH3 is 1. The highest BCUT2D eigenvalue weighted by Gasteiger charge is 2.19. The van der Waals surface area contributed by atoms with Crippen LogP contribution in [-0.4, -0.2) is 36.2 Å². The first-order valence-corrected chi connectivity index (χ1v) is 7.35. The summed E-state index contributed by atoms with van der Waals surface area (Å²) in [7, 11) is 1.80. The Hall–Kier alpha value is -1.37. The second kappa shape index (κ2) is 6.88. The molecule has 20 heavy (non-hydrogen) atoms. The monoisotopic (exact) mass is 272 g/mol. The van der Waals surface area contributed by atoms with E-state index < -0.39 is 0 Å². The lowest BCUT2D eigenvalue weighted by Crippen LogP contribution is -2.36. The lowest BCUT2D eigenvalue weighted by atomic mass is 10.0. The fourth-order valence-electron chi connectivity index (χ4n) is 2.63. The predicted molar refractivity (Wildman–Crippen MR) is 81.6 cm³/mol. The maximum Gasteiger partial charge on any atom is 0.113 e. The first-order chi connectivity index (χ1) is 9.62. The van der Waals surface area contributed by atoms with Crippen LogP contribution in [0.15, 0.2) is 12.1 Å². The summed E-state index contributed by atoms with van der Waals surface area (Å²) in [4.78, 5) is 6.99. The molecule has 3 heteroatoms. The van der Waals surface area contributed by atoms with Crippen LogP contribution in [0.5, 0.6) is 0 Å². The van der Waals surface area contributed by atoms with E-state index in [4.69, 9.17) is 11.2 Å². The average Bonchev–Trinajstić information content (AvgIpc) is 2.47. The molecule has 0 amide bonds. The van der Waals surface area contributed by atoms with Crippen molar-refractivity contribution in [1.29, 1.82) is 0 Å². The number of rotatable bonds is 4. The zero-order chi connectivity index (χ0) is 14.5. The Morgan fingerprint density at radius 3 is 2.65 bits per heavy atom. The van der Waals surface area contributed by atoms with Gasteiger partial charge in [0.1, 0.15) is 5.69 Å². The van der Waals surface area contributed by atoms with E-state index in [0.717, 1.165) is 43.9 Å². The Labute approximate surface area is 122 Å². The molecule has 2 heterocycles. The van der Waals surface area contributed by atoms with Crippen LogP contribution in [0, 0.1) is 12.3 Å². The highest BCUT2D eigenvalue weighted by atomic mass is 16.5. The van der Waals surface area contributed by atoms with Crippen molar-refractivity contribution in [1.82, 2.24) is 9.88 Å². The van der Waals surface area contributed by atoms with Crippen molar-refractivity contribution in [2.24, 2.45) is 0 Å². The van der Waals surface area contributed by atoms with Crippen LogP contribution in [-0.2, 0) is 11.3 Å². The van der Waals surface area contributed by atoms with E-state index in [0.29, 0.717) is 12.0 Å². The molecule has 1 aromatic rings. The zero-order valence-electron chi connectivity index (χ0n) is 12.7. The smallest absolute Gasteiger partial charge is 0.113 e. The van der Waals surface area contributed by atoms with Gasteiger partial charge in [0.05, 0.1) is 11.8 Å². The minimum atomic E-state index is 0.419. The molecule has 0 unspecified atom stereocenters. The summed E-state index contributed by atoms with van der Waals surface area (Å²) in [5.41, 5.74) is 3.10. The van der Waals surface area contributed by atoms with Crippen molar-refractivity contribution >= 4 is 0 Å². The molecule has 1 aromatic heterocycles. The minimum Gasteiger partial charge on any atom is -0.381 e. The van der Waals surface area contributed by atoms with Gasteiger partial charge in [0.25, 0.3) is 0 Å². The van der Waals surface area contributed by atoms with Crippen LogP contribution in [0.1, 0.15) is 49.6 Å². The Morgan fingerprint density at radius 1 is 1.40 bits per heavy atom. The highest BCUT2D eigenvalue weighted by Crippen LogP contribution is 2.19. The van der Waals surface area contributed by atoms with E-state index in [2.05, 4.69) is 35.7 Å². The number of hydrogen-bond donors (Lipinski definition) is 0. The Morgan fingerprint density at radius 2 is 2.10 bits per heavy atom. The molecule has 0 aliphatic carbocycles. The normalized spacial score (nSPS) is 17.4. The average molecular weight is 272 g/mol. The van der Waals surface area contributed by atoms with E-state index in [1.54, 1.807) is 7.11 Å². The Bertz CT molecular complexity index is 482. The third kappa shape index (κ3) is 3.82. The van der Waals surface area contributed by atoms with E-state index in [-0.39, 0.29) is 0 Å². The lowest BCUT2D eigenvalue weighted by molar-refractivity contribution is 0.0385. The van der Waals surface area contributed by atoms with Crippen molar-refractivity contribution in [3.63, 3.8) is 0 Å². The number of hydrogen-bond acceptors (Lipinski definition) is 3. The molecule has 108 valence electrons. The molecule has 1 fully saturated rings. The van der Waals surface area contributed by atoms with E-state index in [9.17, 15) is 0 Å². The molecule has 0 radical (unpaired) electrons. The van der Waals surface area contributed by atoms with Gasteiger partial charge in [-0.1, -0.05) is 19.8 Å². The summed E-state index contributed by atoms with van der Waals surface area (Å²) in [6, 6.07) is 4.21. The second-order valence-electron chi connectivity index (χ2n) is 5.79. The molecular weight excluding hydrogens is 248 g/mol. The maximum atomic E-state index is 5.51. The number of terminal acetylenes is 1. The number of aromatic nitrogens is 1. The number of piperidine rings is 1. The summed E-state index contributed by atoms with van der Waals surface area (Å²) in [6.45, 7) is 7.38. The number of ether oxygens (including phenoxy) is 1. The Kier molecular flexibility index (Phi) is 5.17. The van der Waals surface area contributed by atoms with Gasteiger partial charge in [0, 0.05) is 26.7 Å². The van der Waals surface area contributed by atoms with Crippen LogP contribution in [0.4, 0.5) is 0 Å².